The second kappa shape index (κ2) is 4.82. The van der Waals surface area contributed by atoms with Crippen LogP contribution in [0.2, 0.25) is 0 Å². The first-order chi connectivity index (χ1) is 7.72. The van der Waals surface area contributed by atoms with Gasteiger partial charge in [-0.25, -0.2) is 0 Å². The van der Waals surface area contributed by atoms with E-state index in [2.05, 4.69) is 5.32 Å². The summed E-state index contributed by atoms with van der Waals surface area (Å²) in [7, 11) is 0. The van der Waals surface area contributed by atoms with Crippen molar-refractivity contribution in [3.05, 3.63) is 0 Å². The van der Waals surface area contributed by atoms with Gasteiger partial charge in [0.2, 0.25) is 0 Å². The topological polar surface area (TPSA) is 52.6 Å². The van der Waals surface area contributed by atoms with Gasteiger partial charge in [0, 0.05) is 26.2 Å². The summed E-state index contributed by atoms with van der Waals surface area (Å²) >= 11 is 0. The van der Waals surface area contributed by atoms with Gasteiger partial charge in [-0.1, -0.05) is 0 Å². The predicted octanol–water partition coefficient (Wildman–Crippen LogP) is -0.713. The van der Waals surface area contributed by atoms with Crippen LogP contribution in [0.3, 0.4) is 0 Å². The van der Waals surface area contributed by atoms with Crippen LogP contribution in [0, 0.1) is 5.92 Å². The highest BCUT2D eigenvalue weighted by atomic mass is 16.2. The minimum Gasteiger partial charge on any atom is -0.333 e. The summed E-state index contributed by atoms with van der Waals surface area (Å²) in [5, 5.41) is 3.27. The Kier molecular flexibility index (Phi) is 3.43. The Morgan fingerprint density at radius 2 is 1.94 bits per heavy atom. The Hall–Kier alpha value is -1.10. The average Bonchev–Trinajstić information content (AvgIpc) is 2.78. The minimum absolute atomic E-state index is 0.319. The van der Waals surface area contributed by atoms with Crippen LogP contribution in [-0.2, 0) is 9.59 Å². The van der Waals surface area contributed by atoms with Gasteiger partial charge in [0.15, 0.2) is 0 Å². The lowest BCUT2D eigenvalue weighted by molar-refractivity contribution is -0.156. The molecule has 0 aliphatic carbocycles. The third-order valence-electron chi connectivity index (χ3n) is 3.42. The Bertz CT molecular complexity index is 287. The highest BCUT2D eigenvalue weighted by Gasteiger charge is 2.33. The molecule has 16 heavy (non-hydrogen) atoms. The maximum absolute atomic E-state index is 11.8. The van der Waals surface area contributed by atoms with Crippen LogP contribution in [-0.4, -0.2) is 60.9 Å². The number of likely N-dealkylation sites (N-methyl/N-ethyl adjacent to an activating group) is 1. The molecular weight excluding hydrogens is 206 g/mol. The molecule has 2 heterocycles. The molecule has 0 aromatic rings. The van der Waals surface area contributed by atoms with Crippen molar-refractivity contribution in [2.75, 3.05) is 39.3 Å². The number of rotatable bonds is 3. The molecule has 0 bridgehead atoms. The van der Waals surface area contributed by atoms with E-state index in [0.29, 0.717) is 25.6 Å². The van der Waals surface area contributed by atoms with Gasteiger partial charge in [0.1, 0.15) is 0 Å². The van der Waals surface area contributed by atoms with Crippen LogP contribution in [0.4, 0.5) is 0 Å². The summed E-state index contributed by atoms with van der Waals surface area (Å²) in [5.74, 6) is -0.135. The lowest BCUT2D eigenvalue weighted by atomic mass is 10.1. The number of hydrogen-bond donors (Lipinski definition) is 1. The van der Waals surface area contributed by atoms with E-state index in [1.807, 2.05) is 6.92 Å². The highest BCUT2D eigenvalue weighted by Crippen LogP contribution is 2.12. The summed E-state index contributed by atoms with van der Waals surface area (Å²) in [6, 6.07) is 0. The van der Waals surface area contributed by atoms with Crippen LogP contribution in [0.25, 0.3) is 0 Å². The van der Waals surface area contributed by atoms with Gasteiger partial charge < -0.3 is 15.1 Å². The standard InChI is InChI=1S/C11H19N3O2/c1-2-13-5-6-14(11(16)10(13)15)8-9-3-4-12-7-9/h9,12H,2-8H2,1H3. The van der Waals surface area contributed by atoms with Crippen molar-refractivity contribution in [3.63, 3.8) is 0 Å². The molecule has 2 aliphatic heterocycles. The molecule has 2 amide bonds. The van der Waals surface area contributed by atoms with Crippen LogP contribution in [0.1, 0.15) is 13.3 Å². The molecule has 1 N–H and O–H groups in total. The molecule has 0 aromatic carbocycles. The first kappa shape index (κ1) is 11.4. The number of piperazine rings is 1. The summed E-state index contributed by atoms with van der Waals surface area (Å²) in [6.07, 6.45) is 1.11. The van der Waals surface area contributed by atoms with E-state index in [0.717, 1.165) is 26.1 Å². The lowest BCUT2D eigenvalue weighted by Gasteiger charge is -2.34. The van der Waals surface area contributed by atoms with Crippen LogP contribution in [0.5, 0.6) is 0 Å². The Balaban J connectivity index is 1.91. The molecule has 1 unspecified atom stereocenters. The van der Waals surface area contributed by atoms with Crippen molar-refractivity contribution in [2.24, 2.45) is 5.92 Å². The zero-order chi connectivity index (χ0) is 11.5. The smallest absolute Gasteiger partial charge is 0.312 e. The largest absolute Gasteiger partial charge is 0.333 e. The number of nitrogens with one attached hydrogen (secondary N) is 1. The summed E-state index contributed by atoms with van der Waals surface area (Å²) < 4.78 is 0. The van der Waals surface area contributed by atoms with Crippen molar-refractivity contribution in [3.8, 4) is 0 Å². The SMILES string of the molecule is CCN1CCN(CC2CCNC2)C(=O)C1=O. The second-order valence-corrected chi connectivity index (χ2v) is 4.49. The summed E-state index contributed by atoms with van der Waals surface area (Å²) in [5.41, 5.74) is 0. The van der Waals surface area contributed by atoms with Crippen LogP contribution in [0.15, 0.2) is 0 Å². The van der Waals surface area contributed by atoms with Crippen molar-refractivity contribution in [1.82, 2.24) is 15.1 Å². The molecule has 90 valence electrons. The molecule has 0 spiro atoms. The van der Waals surface area contributed by atoms with Gasteiger partial charge in [-0.05, 0) is 32.4 Å². The maximum atomic E-state index is 11.8. The minimum atomic E-state index is -0.334. The lowest BCUT2D eigenvalue weighted by Crippen LogP contribution is -2.55. The zero-order valence-corrected chi connectivity index (χ0v) is 9.74. The van der Waals surface area contributed by atoms with Crippen molar-refractivity contribution < 1.29 is 9.59 Å². The molecule has 0 radical (unpaired) electrons. The monoisotopic (exact) mass is 225 g/mol. The summed E-state index contributed by atoms with van der Waals surface area (Å²) in [4.78, 5) is 26.8. The number of hydrogen-bond acceptors (Lipinski definition) is 3. The molecule has 2 rings (SSSR count). The van der Waals surface area contributed by atoms with Crippen molar-refractivity contribution in [2.45, 2.75) is 13.3 Å². The van der Waals surface area contributed by atoms with E-state index in [9.17, 15) is 9.59 Å². The third-order valence-corrected chi connectivity index (χ3v) is 3.42. The molecule has 5 heteroatoms. The molecular formula is C11H19N3O2. The maximum Gasteiger partial charge on any atom is 0.312 e. The van der Waals surface area contributed by atoms with Crippen molar-refractivity contribution in [1.29, 1.82) is 0 Å². The van der Waals surface area contributed by atoms with E-state index in [4.69, 9.17) is 0 Å². The van der Waals surface area contributed by atoms with E-state index in [1.54, 1.807) is 9.80 Å². The third kappa shape index (κ3) is 2.19. The highest BCUT2D eigenvalue weighted by molar-refractivity contribution is 6.35. The second-order valence-electron chi connectivity index (χ2n) is 4.49. The number of nitrogens with zero attached hydrogens (tertiary/aromatic N) is 2. The molecule has 1 atom stereocenters. The Morgan fingerprint density at radius 3 is 2.56 bits per heavy atom. The number of amides is 2. The first-order valence-corrected chi connectivity index (χ1v) is 6.01. The van der Waals surface area contributed by atoms with E-state index in [1.165, 1.54) is 0 Å². The summed E-state index contributed by atoms with van der Waals surface area (Å²) in [6.45, 7) is 6.63. The van der Waals surface area contributed by atoms with Crippen molar-refractivity contribution >= 4 is 11.8 Å². The number of carbonyl (C=O) groups excluding carboxylic acids is 2. The average molecular weight is 225 g/mol. The fraction of sp³-hybridized carbons (Fsp3) is 0.818. The molecule has 2 aliphatic rings. The van der Waals surface area contributed by atoms with Gasteiger partial charge >= 0.3 is 11.8 Å². The molecule has 2 fully saturated rings. The predicted molar refractivity (Wildman–Crippen MR) is 59.8 cm³/mol. The zero-order valence-electron chi connectivity index (χ0n) is 9.74. The molecule has 0 saturated carbocycles. The Morgan fingerprint density at radius 1 is 1.25 bits per heavy atom. The van der Waals surface area contributed by atoms with E-state index < -0.39 is 0 Å². The van der Waals surface area contributed by atoms with Gasteiger partial charge in [-0.15, -0.1) is 0 Å². The van der Waals surface area contributed by atoms with Crippen LogP contribution >= 0.6 is 0 Å². The molecule has 5 nitrogen and oxygen atoms in total. The quantitative estimate of drug-likeness (QED) is 0.645. The van der Waals surface area contributed by atoms with E-state index in [-0.39, 0.29) is 11.8 Å². The molecule has 2 saturated heterocycles. The fourth-order valence-corrected chi connectivity index (χ4v) is 2.37. The van der Waals surface area contributed by atoms with Gasteiger partial charge in [-0.3, -0.25) is 9.59 Å². The van der Waals surface area contributed by atoms with E-state index >= 15 is 0 Å². The van der Waals surface area contributed by atoms with Gasteiger partial charge in [0.05, 0.1) is 0 Å². The fourth-order valence-electron chi connectivity index (χ4n) is 2.37. The van der Waals surface area contributed by atoms with Gasteiger partial charge in [0.25, 0.3) is 0 Å². The van der Waals surface area contributed by atoms with Gasteiger partial charge in [-0.2, -0.15) is 0 Å². The number of carbonyl (C=O) groups is 2. The normalized spacial score (nSPS) is 26.7. The Labute approximate surface area is 95.8 Å². The van der Waals surface area contributed by atoms with Crippen LogP contribution < -0.4 is 5.32 Å². The molecule has 0 aromatic heterocycles. The first-order valence-electron chi connectivity index (χ1n) is 6.01.